The van der Waals surface area contributed by atoms with Gasteiger partial charge in [-0.1, -0.05) is 44.0 Å². The smallest absolute Gasteiger partial charge is 0.243 e. The Balaban J connectivity index is 1.90. The van der Waals surface area contributed by atoms with Crippen molar-refractivity contribution in [2.75, 3.05) is 17.2 Å². The molecular weight excluding hydrogens is 384 g/mol. The van der Waals surface area contributed by atoms with Crippen LogP contribution in [0.4, 0.5) is 11.4 Å². The molecule has 0 spiro atoms. The maximum absolute atomic E-state index is 11.8. The van der Waals surface area contributed by atoms with Crippen molar-refractivity contribution in [3.63, 3.8) is 0 Å². The Morgan fingerprint density at radius 1 is 1.10 bits per heavy atom. The predicted molar refractivity (Wildman–Crippen MR) is 90.1 cm³/mol. The number of benzene rings is 2. The number of nitrogens with one attached hydrogen (secondary N) is 2. The molecule has 0 aliphatic rings. The molecule has 2 aromatic carbocycles. The lowest BCUT2D eigenvalue weighted by atomic mass is 10.2. The van der Waals surface area contributed by atoms with Gasteiger partial charge in [0.25, 0.3) is 0 Å². The molecule has 2 rings (SSSR count). The van der Waals surface area contributed by atoms with Crippen molar-refractivity contribution < 1.29 is 4.79 Å². The van der Waals surface area contributed by atoms with Crippen LogP contribution >= 0.6 is 31.9 Å². The van der Waals surface area contributed by atoms with E-state index in [2.05, 4.69) is 42.5 Å². The van der Waals surface area contributed by atoms with Crippen LogP contribution in [0.15, 0.2) is 51.4 Å². The monoisotopic (exact) mass is 396 g/mol. The molecule has 0 unspecified atom stereocenters. The topological polar surface area (TPSA) is 41.1 Å². The normalized spacial score (nSPS) is 10.2. The molecule has 0 bridgehead atoms. The lowest BCUT2D eigenvalue weighted by Crippen LogP contribution is -2.21. The molecule has 0 aliphatic carbocycles. The van der Waals surface area contributed by atoms with Crippen LogP contribution in [-0.4, -0.2) is 12.5 Å². The fourth-order valence-corrected chi connectivity index (χ4v) is 2.43. The summed E-state index contributed by atoms with van der Waals surface area (Å²) in [6, 6.07) is 13.4. The number of carbonyl (C=O) groups excluding carboxylic acids is 1. The van der Waals surface area contributed by atoms with Gasteiger partial charge in [0.1, 0.15) is 0 Å². The fraction of sp³-hybridized carbons (Fsp3) is 0.133. The Morgan fingerprint density at radius 2 is 1.90 bits per heavy atom. The second kappa shape index (κ2) is 6.90. The van der Waals surface area contributed by atoms with E-state index in [4.69, 9.17) is 0 Å². The molecule has 104 valence electrons. The molecule has 3 nitrogen and oxygen atoms in total. The van der Waals surface area contributed by atoms with Crippen LogP contribution < -0.4 is 10.6 Å². The van der Waals surface area contributed by atoms with Gasteiger partial charge in [0, 0.05) is 20.3 Å². The highest BCUT2D eigenvalue weighted by Gasteiger charge is 2.03. The van der Waals surface area contributed by atoms with Gasteiger partial charge in [-0.25, -0.2) is 0 Å². The van der Waals surface area contributed by atoms with Crippen LogP contribution in [0.5, 0.6) is 0 Å². The highest BCUT2D eigenvalue weighted by atomic mass is 79.9. The first-order chi connectivity index (χ1) is 9.54. The molecule has 1 amide bonds. The van der Waals surface area contributed by atoms with Crippen LogP contribution in [0.1, 0.15) is 5.56 Å². The van der Waals surface area contributed by atoms with E-state index in [1.165, 1.54) is 0 Å². The summed E-state index contributed by atoms with van der Waals surface area (Å²) in [5.41, 5.74) is 2.84. The largest absolute Gasteiger partial charge is 0.376 e. The van der Waals surface area contributed by atoms with Gasteiger partial charge >= 0.3 is 0 Å². The first-order valence-corrected chi connectivity index (χ1v) is 7.68. The van der Waals surface area contributed by atoms with Crippen molar-refractivity contribution in [2.45, 2.75) is 6.92 Å². The fourth-order valence-electron chi connectivity index (χ4n) is 1.66. The second-order valence-corrected chi connectivity index (χ2v) is 6.15. The molecule has 0 aliphatic heterocycles. The summed E-state index contributed by atoms with van der Waals surface area (Å²) < 4.78 is 1.96. The number of rotatable bonds is 4. The SMILES string of the molecule is Cc1ccc(NCC(=O)Nc2cccc(Br)c2)cc1Br. The summed E-state index contributed by atoms with van der Waals surface area (Å²) in [6.45, 7) is 2.25. The molecule has 0 heterocycles. The number of amides is 1. The number of hydrogen-bond donors (Lipinski definition) is 2. The first-order valence-electron chi connectivity index (χ1n) is 6.10. The summed E-state index contributed by atoms with van der Waals surface area (Å²) in [5, 5.41) is 5.93. The molecule has 2 N–H and O–H groups in total. The van der Waals surface area contributed by atoms with Gasteiger partial charge < -0.3 is 10.6 Å². The van der Waals surface area contributed by atoms with E-state index in [1.807, 2.05) is 49.4 Å². The van der Waals surface area contributed by atoms with Gasteiger partial charge in [0.15, 0.2) is 0 Å². The van der Waals surface area contributed by atoms with Gasteiger partial charge in [-0.2, -0.15) is 0 Å². The first kappa shape index (κ1) is 15.1. The van der Waals surface area contributed by atoms with E-state index in [-0.39, 0.29) is 12.5 Å². The molecule has 0 atom stereocenters. The molecule has 0 saturated carbocycles. The third-order valence-electron chi connectivity index (χ3n) is 2.73. The summed E-state index contributed by atoms with van der Waals surface area (Å²) >= 11 is 6.84. The number of hydrogen-bond acceptors (Lipinski definition) is 2. The van der Waals surface area contributed by atoms with E-state index in [1.54, 1.807) is 0 Å². The standard InChI is InChI=1S/C15H14Br2N2O/c1-10-5-6-12(8-14(10)17)18-9-15(20)19-13-4-2-3-11(16)7-13/h2-8,18H,9H2,1H3,(H,19,20). The maximum Gasteiger partial charge on any atom is 0.243 e. The third-order valence-corrected chi connectivity index (χ3v) is 4.08. The summed E-state index contributed by atoms with van der Waals surface area (Å²) in [5.74, 6) is -0.0835. The zero-order chi connectivity index (χ0) is 14.5. The Hall–Kier alpha value is -1.33. The summed E-state index contributed by atoms with van der Waals surface area (Å²) in [6.07, 6.45) is 0. The number of halogens is 2. The number of anilines is 2. The maximum atomic E-state index is 11.8. The molecule has 0 saturated heterocycles. The van der Waals surface area contributed by atoms with E-state index in [0.717, 1.165) is 25.9 Å². The minimum absolute atomic E-state index is 0.0835. The molecule has 2 aromatic rings. The average Bonchev–Trinajstić information content (AvgIpc) is 2.40. The van der Waals surface area contributed by atoms with Gasteiger partial charge in [0.2, 0.25) is 5.91 Å². The van der Waals surface area contributed by atoms with E-state index in [0.29, 0.717) is 0 Å². The predicted octanol–water partition coefficient (Wildman–Crippen LogP) is 4.57. The van der Waals surface area contributed by atoms with Crippen molar-refractivity contribution in [2.24, 2.45) is 0 Å². The van der Waals surface area contributed by atoms with E-state index >= 15 is 0 Å². The summed E-state index contributed by atoms with van der Waals surface area (Å²) in [4.78, 5) is 11.8. The molecule has 0 aromatic heterocycles. The lowest BCUT2D eigenvalue weighted by molar-refractivity contribution is -0.114. The van der Waals surface area contributed by atoms with Crippen molar-refractivity contribution in [3.05, 3.63) is 57.0 Å². The van der Waals surface area contributed by atoms with Crippen LogP contribution in [0, 0.1) is 6.92 Å². The quantitative estimate of drug-likeness (QED) is 0.793. The van der Waals surface area contributed by atoms with Crippen molar-refractivity contribution in [1.29, 1.82) is 0 Å². The van der Waals surface area contributed by atoms with Crippen LogP contribution in [0.3, 0.4) is 0 Å². The Labute approximate surface area is 135 Å². The second-order valence-electron chi connectivity index (χ2n) is 4.38. The van der Waals surface area contributed by atoms with E-state index in [9.17, 15) is 4.79 Å². The van der Waals surface area contributed by atoms with Gasteiger partial charge in [0.05, 0.1) is 6.54 Å². The molecule has 0 radical (unpaired) electrons. The Kier molecular flexibility index (Phi) is 5.20. The van der Waals surface area contributed by atoms with E-state index < -0.39 is 0 Å². The van der Waals surface area contributed by atoms with Crippen LogP contribution in [-0.2, 0) is 4.79 Å². The molecule has 20 heavy (non-hydrogen) atoms. The zero-order valence-electron chi connectivity index (χ0n) is 10.9. The Morgan fingerprint density at radius 3 is 2.60 bits per heavy atom. The minimum atomic E-state index is -0.0835. The van der Waals surface area contributed by atoms with Crippen molar-refractivity contribution in [1.82, 2.24) is 0 Å². The van der Waals surface area contributed by atoms with Crippen LogP contribution in [0.25, 0.3) is 0 Å². The Bertz CT molecular complexity index is 629. The molecular formula is C15H14Br2N2O. The highest BCUT2D eigenvalue weighted by Crippen LogP contribution is 2.20. The lowest BCUT2D eigenvalue weighted by Gasteiger charge is -2.09. The minimum Gasteiger partial charge on any atom is -0.376 e. The zero-order valence-corrected chi connectivity index (χ0v) is 14.1. The molecule has 0 fully saturated rings. The number of carbonyl (C=O) groups is 1. The highest BCUT2D eigenvalue weighted by molar-refractivity contribution is 9.10. The van der Waals surface area contributed by atoms with Gasteiger partial charge in [-0.05, 0) is 42.8 Å². The average molecular weight is 398 g/mol. The molecule has 5 heteroatoms. The van der Waals surface area contributed by atoms with Crippen LogP contribution in [0.2, 0.25) is 0 Å². The van der Waals surface area contributed by atoms with Gasteiger partial charge in [-0.3, -0.25) is 4.79 Å². The summed E-state index contributed by atoms with van der Waals surface area (Å²) in [7, 11) is 0. The van der Waals surface area contributed by atoms with Crippen molar-refractivity contribution >= 4 is 49.1 Å². The van der Waals surface area contributed by atoms with Crippen molar-refractivity contribution in [3.8, 4) is 0 Å². The number of aryl methyl sites for hydroxylation is 1. The third kappa shape index (κ3) is 4.35. The van der Waals surface area contributed by atoms with Gasteiger partial charge in [-0.15, -0.1) is 0 Å².